The van der Waals surface area contributed by atoms with Crippen LogP contribution in [0, 0.1) is 11.7 Å². The number of nitrogens with zero attached hydrogens (tertiary/aromatic N) is 4. The maximum atomic E-state index is 13.5. The minimum atomic E-state index is -0.402. The molecule has 0 unspecified atom stereocenters. The van der Waals surface area contributed by atoms with Crippen molar-refractivity contribution in [2.24, 2.45) is 13.0 Å². The Hall–Kier alpha value is -1.99. The average Bonchev–Trinajstić information content (AvgIpc) is 3.01. The van der Waals surface area contributed by atoms with E-state index in [1.54, 1.807) is 12.3 Å². The predicted molar refractivity (Wildman–Crippen MR) is 94.2 cm³/mol. The van der Waals surface area contributed by atoms with Crippen molar-refractivity contribution >= 4 is 0 Å². The number of hydrogen-bond acceptors (Lipinski definition) is 5. The Morgan fingerprint density at radius 1 is 1.42 bits per heavy atom. The van der Waals surface area contributed by atoms with E-state index in [9.17, 15) is 4.39 Å². The van der Waals surface area contributed by atoms with E-state index in [2.05, 4.69) is 21.2 Å². The van der Waals surface area contributed by atoms with Crippen LogP contribution < -0.4 is 4.74 Å². The van der Waals surface area contributed by atoms with Crippen molar-refractivity contribution in [3.63, 3.8) is 0 Å². The van der Waals surface area contributed by atoms with Crippen LogP contribution in [-0.2, 0) is 18.3 Å². The van der Waals surface area contributed by atoms with E-state index in [1.165, 1.54) is 11.6 Å². The molecule has 2 aliphatic rings. The molecule has 26 heavy (non-hydrogen) atoms. The number of halogens is 1. The van der Waals surface area contributed by atoms with Gasteiger partial charge >= 0.3 is 0 Å². The molecule has 2 aliphatic heterocycles. The molecule has 0 bridgehead atoms. The second-order valence-electron chi connectivity index (χ2n) is 7.49. The molecule has 0 radical (unpaired) electrons. The number of ether oxygens (including phenoxy) is 2. The second kappa shape index (κ2) is 7.32. The first kappa shape index (κ1) is 17.4. The van der Waals surface area contributed by atoms with Crippen molar-refractivity contribution in [1.29, 1.82) is 0 Å². The molecule has 1 atom stereocenters. The van der Waals surface area contributed by atoms with Crippen LogP contribution in [0.5, 0.6) is 5.88 Å². The third-order valence-corrected chi connectivity index (χ3v) is 5.27. The smallest absolute Gasteiger partial charge is 0.250 e. The molecule has 1 spiro atoms. The summed E-state index contributed by atoms with van der Waals surface area (Å²) < 4.78 is 27.0. The van der Waals surface area contributed by atoms with Gasteiger partial charge in [0, 0.05) is 51.2 Å². The summed E-state index contributed by atoms with van der Waals surface area (Å²) >= 11 is 0. The lowest BCUT2D eigenvalue weighted by Crippen LogP contribution is -2.64. The van der Waals surface area contributed by atoms with Gasteiger partial charge in [0.1, 0.15) is 0 Å². The van der Waals surface area contributed by atoms with E-state index in [0.717, 1.165) is 45.5 Å². The summed E-state index contributed by atoms with van der Waals surface area (Å²) in [6.45, 7) is 4.14. The fraction of sp³-hybridized carbons (Fsp3) is 0.579. The Bertz CT molecular complexity index is 745. The SMILES string of the molecule is Cn1cc(CN2CC3(C[C@@H](CCOc4ncccc4F)CCO3)C2)cn1. The summed E-state index contributed by atoms with van der Waals surface area (Å²) in [5.41, 5.74) is 1.22. The lowest BCUT2D eigenvalue weighted by Gasteiger charge is -2.53. The quantitative estimate of drug-likeness (QED) is 0.792. The molecule has 0 saturated carbocycles. The molecule has 0 aromatic carbocycles. The van der Waals surface area contributed by atoms with Crippen LogP contribution in [-0.4, -0.2) is 51.6 Å². The molecule has 2 fully saturated rings. The lowest BCUT2D eigenvalue weighted by atomic mass is 9.79. The Labute approximate surface area is 152 Å². The molecule has 2 aromatic heterocycles. The summed E-state index contributed by atoms with van der Waals surface area (Å²) in [4.78, 5) is 6.33. The molecular weight excluding hydrogens is 335 g/mol. The molecule has 0 N–H and O–H groups in total. The summed E-state index contributed by atoms with van der Waals surface area (Å²) in [6.07, 6.45) is 8.52. The highest BCUT2D eigenvalue weighted by molar-refractivity contribution is 5.12. The van der Waals surface area contributed by atoms with Crippen molar-refractivity contribution in [3.05, 3.63) is 42.1 Å². The van der Waals surface area contributed by atoms with Crippen molar-refractivity contribution in [2.75, 3.05) is 26.3 Å². The van der Waals surface area contributed by atoms with Crippen LogP contribution in [0.1, 0.15) is 24.8 Å². The van der Waals surface area contributed by atoms with Crippen LogP contribution in [0.15, 0.2) is 30.7 Å². The van der Waals surface area contributed by atoms with Gasteiger partial charge in [-0.2, -0.15) is 5.10 Å². The molecule has 7 heteroatoms. The van der Waals surface area contributed by atoms with Gasteiger partial charge in [-0.25, -0.2) is 9.37 Å². The monoisotopic (exact) mass is 360 g/mol. The normalized spacial score (nSPS) is 22.3. The fourth-order valence-corrected chi connectivity index (χ4v) is 4.09. The molecule has 140 valence electrons. The zero-order valence-electron chi connectivity index (χ0n) is 15.1. The van der Waals surface area contributed by atoms with Crippen molar-refractivity contribution in [1.82, 2.24) is 19.7 Å². The van der Waals surface area contributed by atoms with E-state index in [-0.39, 0.29) is 11.5 Å². The zero-order valence-corrected chi connectivity index (χ0v) is 15.1. The first-order chi connectivity index (χ1) is 12.6. The number of pyridine rings is 1. The predicted octanol–water partition coefficient (Wildman–Crippen LogP) is 2.40. The highest BCUT2D eigenvalue weighted by Gasteiger charge is 2.47. The summed E-state index contributed by atoms with van der Waals surface area (Å²) in [6, 6.07) is 2.94. The number of likely N-dealkylation sites (tertiary alicyclic amines) is 1. The summed E-state index contributed by atoms with van der Waals surface area (Å²) in [5.74, 6) is 0.248. The molecular formula is C19H25FN4O2. The van der Waals surface area contributed by atoms with Crippen molar-refractivity contribution in [3.8, 4) is 5.88 Å². The molecule has 2 saturated heterocycles. The van der Waals surface area contributed by atoms with Crippen LogP contribution in [0.25, 0.3) is 0 Å². The summed E-state index contributed by atoms with van der Waals surface area (Å²) in [5, 5.41) is 4.22. The first-order valence-electron chi connectivity index (χ1n) is 9.19. The van der Waals surface area contributed by atoms with Crippen molar-refractivity contribution in [2.45, 2.75) is 31.4 Å². The van der Waals surface area contributed by atoms with Gasteiger partial charge in [0.2, 0.25) is 5.88 Å². The molecule has 2 aromatic rings. The van der Waals surface area contributed by atoms with Gasteiger partial charge in [-0.3, -0.25) is 9.58 Å². The maximum Gasteiger partial charge on any atom is 0.250 e. The largest absolute Gasteiger partial charge is 0.476 e. The minimum absolute atomic E-state index is 0.0125. The van der Waals surface area contributed by atoms with Crippen LogP contribution in [0.3, 0.4) is 0 Å². The van der Waals surface area contributed by atoms with Gasteiger partial charge in [-0.15, -0.1) is 0 Å². The molecule has 6 nitrogen and oxygen atoms in total. The highest BCUT2D eigenvalue weighted by atomic mass is 19.1. The topological polar surface area (TPSA) is 52.4 Å². The van der Waals surface area contributed by atoms with Crippen molar-refractivity contribution < 1.29 is 13.9 Å². The fourth-order valence-electron chi connectivity index (χ4n) is 4.09. The van der Waals surface area contributed by atoms with E-state index < -0.39 is 5.82 Å². The average molecular weight is 360 g/mol. The Morgan fingerprint density at radius 2 is 2.31 bits per heavy atom. The standard InChI is InChI=1S/C19H25FN4O2/c1-23-11-16(10-22-23)12-24-13-19(14-24)9-15(5-8-26-19)4-7-25-18-17(20)3-2-6-21-18/h2-3,6,10-11,15H,4-5,7-9,12-14H2,1H3/t15-/m0/s1. The Kier molecular flexibility index (Phi) is 4.91. The van der Waals surface area contributed by atoms with E-state index >= 15 is 0 Å². The number of aromatic nitrogens is 3. The highest BCUT2D eigenvalue weighted by Crippen LogP contribution is 2.38. The van der Waals surface area contributed by atoms with Crippen LogP contribution >= 0.6 is 0 Å². The van der Waals surface area contributed by atoms with E-state index in [0.29, 0.717) is 12.5 Å². The molecule has 0 aliphatic carbocycles. The van der Waals surface area contributed by atoms with E-state index in [4.69, 9.17) is 9.47 Å². The Balaban J connectivity index is 1.23. The van der Waals surface area contributed by atoms with Crippen LogP contribution in [0.2, 0.25) is 0 Å². The molecule has 0 amide bonds. The number of hydrogen-bond donors (Lipinski definition) is 0. The van der Waals surface area contributed by atoms with Gasteiger partial charge in [0.25, 0.3) is 0 Å². The molecule has 4 rings (SSSR count). The van der Waals surface area contributed by atoms with Gasteiger partial charge in [-0.1, -0.05) is 0 Å². The first-order valence-corrected chi connectivity index (χ1v) is 9.19. The lowest BCUT2D eigenvalue weighted by molar-refractivity contribution is -0.182. The third kappa shape index (κ3) is 3.88. The number of aryl methyl sites for hydroxylation is 1. The summed E-state index contributed by atoms with van der Waals surface area (Å²) in [7, 11) is 1.94. The van der Waals surface area contributed by atoms with Crippen LogP contribution in [0.4, 0.5) is 4.39 Å². The van der Waals surface area contributed by atoms with Gasteiger partial charge in [-0.05, 0) is 37.3 Å². The van der Waals surface area contributed by atoms with Gasteiger partial charge in [0.05, 0.1) is 18.4 Å². The molecule has 4 heterocycles. The second-order valence-corrected chi connectivity index (χ2v) is 7.49. The van der Waals surface area contributed by atoms with Gasteiger partial charge < -0.3 is 9.47 Å². The number of rotatable bonds is 6. The minimum Gasteiger partial charge on any atom is -0.476 e. The van der Waals surface area contributed by atoms with Gasteiger partial charge in [0.15, 0.2) is 5.82 Å². The third-order valence-electron chi connectivity index (χ3n) is 5.27. The maximum absolute atomic E-state index is 13.5. The zero-order chi connectivity index (χ0) is 18.0. The van der Waals surface area contributed by atoms with E-state index in [1.807, 2.05) is 17.9 Å². The Morgan fingerprint density at radius 3 is 3.08 bits per heavy atom.